The van der Waals surface area contributed by atoms with Crippen LogP contribution in [-0.4, -0.2) is 91.8 Å². The highest BCUT2D eigenvalue weighted by Gasteiger charge is 2.44. The van der Waals surface area contributed by atoms with Crippen LogP contribution in [0.3, 0.4) is 0 Å². The van der Waals surface area contributed by atoms with Gasteiger partial charge in [-0.05, 0) is 183 Å². The average molecular weight is 849 g/mol. The van der Waals surface area contributed by atoms with Crippen molar-refractivity contribution < 1.29 is 27.9 Å². The molecular formula is C55H68N4O4+2. The van der Waals surface area contributed by atoms with Crippen LogP contribution in [0, 0.1) is 0 Å². The minimum absolute atomic E-state index is 0.241. The highest BCUT2D eigenvalue weighted by atomic mass is 16.5. The first-order chi connectivity index (χ1) is 30.4. The van der Waals surface area contributed by atoms with Gasteiger partial charge in [0.2, 0.25) is 0 Å². The Morgan fingerprint density at radius 1 is 0.397 bits per heavy atom. The van der Waals surface area contributed by atoms with E-state index in [2.05, 4.69) is 137 Å². The molecule has 0 aromatic heterocycles. The molecule has 6 aromatic rings. The minimum Gasteiger partial charge on any atom is -0.497 e. The first-order valence-corrected chi connectivity index (χ1v) is 22.5. The lowest BCUT2D eigenvalue weighted by Crippen LogP contribution is -2.42. The molecule has 0 spiro atoms. The molecule has 1 aliphatic rings. The monoisotopic (exact) mass is 849 g/mol. The molecule has 0 unspecified atom stereocenters. The van der Waals surface area contributed by atoms with Crippen LogP contribution in [-0.2, 0) is 5.41 Å². The van der Waals surface area contributed by atoms with E-state index in [1.165, 1.54) is 22.3 Å². The van der Waals surface area contributed by atoms with Gasteiger partial charge in [0.15, 0.2) is 0 Å². The molecule has 0 N–H and O–H groups in total. The van der Waals surface area contributed by atoms with E-state index in [4.69, 9.17) is 18.9 Å². The number of hydrogen-bond donors (Lipinski definition) is 0. The molecule has 330 valence electrons. The standard InChI is InChI=1S/C55H68N4O4/c1-11-58(3,4)37-13-35-55(36-14-38-59(5,6)12-2)53-39-45(56(41-15-25-47(60-7)26-16-41)42-17-27-48(61-8)28-18-42)23-33-51(53)52-34-24-46(40-54(52)55)57(43-19-29-49(62-9)30-20-43)44-21-31-50(63-10)32-22-44/h15-34,39-40H,11-14,35-38H2,1-10H3/q+2. The number of quaternary nitrogens is 2. The Balaban J connectivity index is 1.45. The van der Waals surface area contributed by atoms with Gasteiger partial charge in [-0.1, -0.05) is 12.1 Å². The molecule has 63 heavy (non-hydrogen) atoms. The summed E-state index contributed by atoms with van der Waals surface area (Å²) in [5, 5.41) is 0. The molecule has 0 heterocycles. The van der Waals surface area contributed by atoms with Crippen molar-refractivity contribution in [1.29, 1.82) is 0 Å². The SMILES string of the molecule is CC[N+](C)(C)CCCC1(CCC[N+](C)(C)CC)c2cc(N(c3ccc(OC)cc3)c3ccc(OC)cc3)ccc2-c2ccc(N(c3ccc(OC)cc3)c3ccc(OC)cc3)cc21. The van der Waals surface area contributed by atoms with Gasteiger partial charge in [0.05, 0.1) is 82.8 Å². The highest BCUT2D eigenvalue weighted by molar-refractivity contribution is 5.88. The molecule has 8 heteroatoms. The lowest BCUT2D eigenvalue weighted by atomic mass is 9.71. The first-order valence-electron chi connectivity index (χ1n) is 22.5. The number of methoxy groups -OCH3 is 4. The zero-order valence-electron chi connectivity index (χ0n) is 39.3. The van der Waals surface area contributed by atoms with Gasteiger partial charge in [0.1, 0.15) is 23.0 Å². The van der Waals surface area contributed by atoms with Gasteiger partial charge >= 0.3 is 0 Å². The van der Waals surface area contributed by atoms with Gasteiger partial charge in [0, 0.05) is 39.5 Å². The van der Waals surface area contributed by atoms with Gasteiger partial charge in [-0.15, -0.1) is 0 Å². The van der Waals surface area contributed by atoms with E-state index in [-0.39, 0.29) is 5.41 Å². The van der Waals surface area contributed by atoms with Crippen LogP contribution in [0.1, 0.15) is 50.7 Å². The third-order valence-corrected chi connectivity index (χ3v) is 13.6. The number of fused-ring (bicyclic) bond motifs is 3. The number of rotatable bonds is 20. The van der Waals surface area contributed by atoms with Crippen molar-refractivity contribution in [3.63, 3.8) is 0 Å². The van der Waals surface area contributed by atoms with Crippen LogP contribution in [0.25, 0.3) is 11.1 Å². The summed E-state index contributed by atoms with van der Waals surface area (Å²) in [5.41, 5.74) is 11.7. The summed E-state index contributed by atoms with van der Waals surface area (Å²) < 4.78 is 24.4. The fraction of sp³-hybridized carbons (Fsp3) is 0.345. The summed E-state index contributed by atoms with van der Waals surface area (Å²) in [4.78, 5) is 4.73. The third-order valence-electron chi connectivity index (χ3n) is 13.6. The van der Waals surface area contributed by atoms with E-state index >= 15 is 0 Å². The molecule has 0 saturated heterocycles. The Kier molecular flexibility index (Phi) is 13.7. The normalized spacial score (nSPS) is 12.9. The van der Waals surface area contributed by atoms with Gasteiger partial charge in [-0.2, -0.15) is 0 Å². The van der Waals surface area contributed by atoms with Gasteiger partial charge < -0.3 is 37.7 Å². The largest absolute Gasteiger partial charge is 0.497 e. The topological polar surface area (TPSA) is 43.4 Å². The maximum atomic E-state index is 5.60. The van der Waals surface area contributed by atoms with E-state index < -0.39 is 0 Å². The third kappa shape index (κ3) is 9.68. The molecule has 0 amide bonds. The quantitative estimate of drug-likeness (QED) is 0.0713. The molecular weight excluding hydrogens is 781 g/mol. The van der Waals surface area contributed by atoms with Crippen LogP contribution in [0.15, 0.2) is 133 Å². The lowest BCUT2D eigenvalue weighted by molar-refractivity contribution is -0.889. The van der Waals surface area contributed by atoms with Crippen molar-refractivity contribution in [2.75, 3.05) is 92.6 Å². The second kappa shape index (κ2) is 19.2. The summed E-state index contributed by atoms with van der Waals surface area (Å²) in [6.07, 6.45) is 4.28. The van der Waals surface area contributed by atoms with Crippen molar-refractivity contribution in [2.45, 2.75) is 44.9 Å². The second-order valence-corrected chi connectivity index (χ2v) is 18.2. The number of anilines is 6. The Morgan fingerprint density at radius 2 is 0.667 bits per heavy atom. The zero-order chi connectivity index (χ0) is 44.8. The number of hydrogen-bond acceptors (Lipinski definition) is 6. The lowest BCUT2D eigenvalue weighted by Gasteiger charge is -2.37. The molecule has 1 aliphatic carbocycles. The predicted octanol–water partition coefficient (Wildman–Crippen LogP) is 12.7. The van der Waals surface area contributed by atoms with E-state index in [9.17, 15) is 0 Å². The Hall–Kier alpha value is -5.96. The highest BCUT2D eigenvalue weighted by Crippen LogP contribution is 2.57. The molecule has 0 aliphatic heterocycles. The van der Waals surface area contributed by atoms with E-state index in [1.54, 1.807) is 28.4 Å². The molecule has 0 saturated carbocycles. The minimum atomic E-state index is -0.241. The molecule has 0 fully saturated rings. The fourth-order valence-corrected chi connectivity index (χ4v) is 9.17. The van der Waals surface area contributed by atoms with Crippen molar-refractivity contribution >= 4 is 34.1 Å². The summed E-state index contributed by atoms with van der Waals surface area (Å²) in [6.45, 7) is 9.00. The van der Waals surface area contributed by atoms with Crippen LogP contribution < -0.4 is 28.7 Å². The number of ether oxygens (including phenoxy) is 4. The molecule has 7 rings (SSSR count). The molecule has 8 nitrogen and oxygen atoms in total. The number of benzene rings is 6. The van der Waals surface area contributed by atoms with Crippen molar-refractivity contribution in [1.82, 2.24) is 0 Å². The van der Waals surface area contributed by atoms with Gasteiger partial charge in [-0.3, -0.25) is 0 Å². The maximum absolute atomic E-state index is 5.60. The Labute approximate surface area is 377 Å². The Morgan fingerprint density at radius 3 is 0.921 bits per heavy atom. The summed E-state index contributed by atoms with van der Waals surface area (Å²) in [7, 11) is 16.3. The van der Waals surface area contributed by atoms with E-state index in [0.717, 1.165) is 118 Å². The van der Waals surface area contributed by atoms with Crippen LogP contribution >= 0.6 is 0 Å². The first kappa shape index (κ1) is 45.1. The summed E-state index contributed by atoms with van der Waals surface area (Å²) in [6, 6.07) is 47.9. The molecule has 0 bridgehead atoms. The summed E-state index contributed by atoms with van der Waals surface area (Å²) in [5.74, 6) is 3.31. The molecule has 0 radical (unpaired) electrons. The van der Waals surface area contributed by atoms with Crippen LogP contribution in [0.4, 0.5) is 34.1 Å². The predicted molar refractivity (Wildman–Crippen MR) is 262 cm³/mol. The van der Waals surface area contributed by atoms with Crippen LogP contribution in [0.2, 0.25) is 0 Å². The van der Waals surface area contributed by atoms with E-state index in [0.29, 0.717) is 0 Å². The molecule has 0 atom stereocenters. The fourth-order valence-electron chi connectivity index (χ4n) is 9.17. The van der Waals surface area contributed by atoms with E-state index in [1.807, 2.05) is 48.5 Å². The molecule has 6 aromatic carbocycles. The van der Waals surface area contributed by atoms with Gasteiger partial charge in [0.25, 0.3) is 0 Å². The zero-order valence-corrected chi connectivity index (χ0v) is 39.3. The van der Waals surface area contributed by atoms with Crippen molar-refractivity contribution in [3.05, 3.63) is 145 Å². The smallest absolute Gasteiger partial charge is 0.119 e. The summed E-state index contributed by atoms with van der Waals surface area (Å²) >= 11 is 0. The Bertz CT molecular complexity index is 2160. The van der Waals surface area contributed by atoms with Crippen LogP contribution in [0.5, 0.6) is 23.0 Å². The van der Waals surface area contributed by atoms with Crippen molar-refractivity contribution in [2.24, 2.45) is 0 Å². The second-order valence-electron chi connectivity index (χ2n) is 18.2. The van der Waals surface area contributed by atoms with Crippen molar-refractivity contribution in [3.8, 4) is 34.1 Å². The van der Waals surface area contributed by atoms with Gasteiger partial charge in [-0.25, -0.2) is 0 Å². The average Bonchev–Trinajstić information content (AvgIpc) is 3.57. The number of nitrogens with zero attached hydrogens (tertiary/aromatic N) is 4. The maximum Gasteiger partial charge on any atom is 0.119 e.